The average molecular weight is 705 g/mol. The zero-order valence-corrected chi connectivity index (χ0v) is 30.4. The third-order valence-electron chi connectivity index (χ3n) is 9.75. The number of aliphatic hydroxyl groups is 2. The summed E-state index contributed by atoms with van der Waals surface area (Å²) in [7, 11) is 1.21. The average Bonchev–Trinajstić information content (AvgIpc) is 3.61. The van der Waals surface area contributed by atoms with Crippen LogP contribution < -0.4 is 4.90 Å². The van der Waals surface area contributed by atoms with Crippen molar-refractivity contribution in [2.75, 3.05) is 11.9 Å². The highest BCUT2D eigenvalue weighted by molar-refractivity contribution is 6.07. The smallest absolute Gasteiger partial charge is 0.419 e. The van der Waals surface area contributed by atoms with Crippen molar-refractivity contribution in [1.82, 2.24) is 14.4 Å². The number of esters is 1. The molecule has 3 aliphatic rings. The fourth-order valence-electron chi connectivity index (χ4n) is 7.95. The van der Waals surface area contributed by atoms with Crippen molar-refractivity contribution in [3.05, 3.63) is 65.9 Å². The SMILES string of the molecule is CC(=O)O[C@]1(C(C)C)C(=O)N2[C@H]3N(C(=O)OC(C)(C)C)c4ccccc4[C@@]3(c3cn(C(=O)OC(C)(C)C)c4ccccc34)[C@@H](O)[C@]2(O)C(=O)N1C. The van der Waals surface area contributed by atoms with E-state index in [-0.39, 0.29) is 16.8 Å². The molecule has 2 saturated heterocycles. The van der Waals surface area contributed by atoms with Gasteiger partial charge in [-0.15, -0.1) is 0 Å². The molecule has 0 bridgehead atoms. The molecule has 0 saturated carbocycles. The Bertz CT molecular complexity index is 1990. The van der Waals surface area contributed by atoms with Crippen molar-refractivity contribution in [1.29, 1.82) is 0 Å². The number of likely N-dealkylation sites (N-methyl/N-ethyl adjacent to an activating group) is 1. The standard InChI is InChI=1S/C37H44N4O10/c1-20(2)37(49-21(3)42)30(45)41-28-35(27(43)36(41,48)29(44)38(37)10,23-16-12-14-18-26(23)40(28)32(47)51-34(7,8)9)24-19-39(31(46)50-33(4,5)6)25-17-13-11-15-22(24)25/h11-20,27-28,43,48H,1-10H3/t27-,28-,35-,36+,37-/m1/s1. The third-order valence-corrected chi connectivity index (χ3v) is 9.75. The molecule has 3 aliphatic heterocycles. The van der Waals surface area contributed by atoms with Crippen LogP contribution in [0, 0.1) is 5.92 Å². The molecular formula is C37H44N4O10. The van der Waals surface area contributed by atoms with Gasteiger partial charge in [0.15, 0.2) is 0 Å². The van der Waals surface area contributed by atoms with Gasteiger partial charge in [-0.25, -0.2) is 9.59 Å². The van der Waals surface area contributed by atoms with Gasteiger partial charge in [-0.1, -0.05) is 50.2 Å². The summed E-state index contributed by atoms with van der Waals surface area (Å²) < 4.78 is 18.6. The highest BCUT2D eigenvalue weighted by atomic mass is 16.6. The van der Waals surface area contributed by atoms with Gasteiger partial charge in [0, 0.05) is 31.5 Å². The predicted molar refractivity (Wildman–Crippen MR) is 183 cm³/mol. The molecule has 2 N–H and O–H groups in total. The van der Waals surface area contributed by atoms with Crippen molar-refractivity contribution >= 4 is 46.6 Å². The quantitative estimate of drug-likeness (QED) is 0.300. The van der Waals surface area contributed by atoms with Crippen LogP contribution in [0.15, 0.2) is 54.7 Å². The summed E-state index contributed by atoms with van der Waals surface area (Å²) in [4.78, 5) is 73.4. The molecule has 0 radical (unpaired) electrons. The van der Waals surface area contributed by atoms with Crippen LogP contribution in [-0.2, 0) is 34.0 Å². The Morgan fingerprint density at radius 2 is 1.41 bits per heavy atom. The Kier molecular flexibility index (Phi) is 7.93. The second-order valence-corrected chi connectivity index (χ2v) is 15.6. The Balaban J connectivity index is 1.75. The molecule has 0 unspecified atom stereocenters. The van der Waals surface area contributed by atoms with E-state index in [9.17, 15) is 29.4 Å². The number of anilines is 1. The van der Waals surface area contributed by atoms with Crippen LogP contribution in [-0.4, -0.2) is 96.5 Å². The molecule has 0 aliphatic carbocycles. The number of rotatable bonds is 3. The summed E-state index contributed by atoms with van der Waals surface area (Å²) >= 11 is 0. The fourth-order valence-corrected chi connectivity index (χ4v) is 7.95. The molecule has 3 aromatic rings. The van der Waals surface area contributed by atoms with Crippen LogP contribution in [0.3, 0.4) is 0 Å². The van der Waals surface area contributed by atoms with Gasteiger partial charge in [0.1, 0.15) is 23.5 Å². The van der Waals surface area contributed by atoms with Crippen LogP contribution in [0.25, 0.3) is 10.9 Å². The fraction of sp³-hybridized carbons (Fsp3) is 0.486. The Hall–Kier alpha value is -4.95. The van der Waals surface area contributed by atoms with Gasteiger partial charge >= 0.3 is 18.2 Å². The first kappa shape index (κ1) is 35.9. The second-order valence-electron chi connectivity index (χ2n) is 15.6. The lowest BCUT2D eigenvalue weighted by Gasteiger charge is -2.54. The molecule has 0 spiro atoms. The monoisotopic (exact) mass is 704 g/mol. The van der Waals surface area contributed by atoms with Crippen molar-refractivity contribution < 1.29 is 48.4 Å². The normalized spacial score (nSPS) is 27.4. The van der Waals surface area contributed by atoms with Crippen LogP contribution in [0.5, 0.6) is 0 Å². The number of hydrogen-bond donors (Lipinski definition) is 2. The summed E-state index contributed by atoms with van der Waals surface area (Å²) in [5.41, 5.74) is -8.21. The van der Waals surface area contributed by atoms with Gasteiger partial charge in [0.2, 0.25) is 0 Å². The molecule has 4 heterocycles. The maximum absolute atomic E-state index is 15.2. The molecular weight excluding hydrogens is 660 g/mol. The molecule has 2 aromatic carbocycles. The van der Waals surface area contributed by atoms with E-state index < -0.39 is 76.2 Å². The van der Waals surface area contributed by atoms with Crippen molar-refractivity contribution in [2.45, 2.75) is 103 Å². The predicted octanol–water partition coefficient (Wildman–Crippen LogP) is 4.07. The van der Waals surface area contributed by atoms with Gasteiger partial charge in [-0.2, -0.15) is 0 Å². The van der Waals surface area contributed by atoms with E-state index in [2.05, 4.69) is 0 Å². The molecule has 6 rings (SSSR count). The minimum atomic E-state index is -3.02. The molecule has 5 atom stereocenters. The largest absolute Gasteiger partial charge is 0.443 e. The lowest BCUT2D eigenvalue weighted by molar-refractivity contribution is -0.250. The Morgan fingerprint density at radius 3 is 2.00 bits per heavy atom. The molecule has 14 heteroatoms. The first-order chi connectivity index (χ1) is 23.6. The molecule has 51 heavy (non-hydrogen) atoms. The summed E-state index contributed by atoms with van der Waals surface area (Å²) in [5.74, 6) is -3.96. The summed E-state index contributed by atoms with van der Waals surface area (Å²) in [5, 5.41) is 25.9. The minimum absolute atomic E-state index is 0.202. The molecule has 1 aromatic heterocycles. The topological polar surface area (TPSA) is 168 Å². The Labute approximate surface area is 295 Å². The van der Waals surface area contributed by atoms with Crippen LogP contribution in [0.2, 0.25) is 0 Å². The van der Waals surface area contributed by atoms with Crippen molar-refractivity contribution in [2.24, 2.45) is 5.92 Å². The maximum Gasteiger partial charge on any atom is 0.419 e. The molecule has 14 nitrogen and oxygen atoms in total. The lowest BCUT2D eigenvalue weighted by Crippen LogP contribution is -2.80. The number of fused-ring (bicyclic) bond motifs is 6. The maximum atomic E-state index is 15.2. The van der Waals surface area contributed by atoms with E-state index in [1.54, 1.807) is 104 Å². The van der Waals surface area contributed by atoms with Crippen molar-refractivity contribution in [3.8, 4) is 0 Å². The zero-order chi connectivity index (χ0) is 37.8. The number of nitrogens with zero attached hydrogens (tertiary/aromatic N) is 4. The summed E-state index contributed by atoms with van der Waals surface area (Å²) in [6.07, 6.45) is -4.12. The van der Waals surface area contributed by atoms with E-state index in [1.807, 2.05) is 0 Å². The Morgan fingerprint density at radius 1 is 0.843 bits per heavy atom. The highest BCUT2D eigenvalue weighted by Gasteiger charge is 2.82. The number of para-hydroxylation sites is 2. The lowest BCUT2D eigenvalue weighted by atomic mass is 9.69. The molecule has 2 fully saturated rings. The van der Waals surface area contributed by atoms with Gasteiger partial charge in [0.05, 0.1) is 16.6 Å². The number of hydrogen-bond acceptors (Lipinski definition) is 10. The van der Waals surface area contributed by atoms with Gasteiger partial charge in [-0.3, -0.25) is 33.7 Å². The third kappa shape index (κ3) is 4.79. The number of aliphatic hydroxyl groups excluding tert-OH is 1. The van der Waals surface area contributed by atoms with E-state index in [4.69, 9.17) is 14.2 Å². The van der Waals surface area contributed by atoms with Gasteiger partial charge < -0.3 is 24.4 Å². The molecule has 272 valence electrons. The number of carbonyl (C=O) groups excluding carboxylic acids is 5. The highest BCUT2D eigenvalue weighted by Crippen LogP contribution is 2.63. The van der Waals surface area contributed by atoms with Crippen LogP contribution >= 0.6 is 0 Å². The number of benzene rings is 2. The van der Waals surface area contributed by atoms with E-state index in [0.717, 1.165) is 21.6 Å². The molecule has 3 amide bonds. The number of aromatic nitrogens is 1. The van der Waals surface area contributed by atoms with E-state index in [0.29, 0.717) is 10.9 Å². The number of piperazine rings is 1. The van der Waals surface area contributed by atoms with Crippen molar-refractivity contribution in [3.63, 3.8) is 0 Å². The van der Waals surface area contributed by atoms with E-state index >= 15 is 4.79 Å². The number of carbonyl (C=O) groups is 5. The zero-order valence-electron chi connectivity index (χ0n) is 30.4. The summed E-state index contributed by atoms with van der Waals surface area (Å²) in [6.45, 7) is 14.3. The second kappa shape index (κ2) is 11.3. The summed E-state index contributed by atoms with van der Waals surface area (Å²) in [6, 6.07) is 13.3. The number of ether oxygens (including phenoxy) is 3. The van der Waals surface area contributed by atoms with Crippen LogP contribution in [0.1, 0.15) is 73.4 Å². The number of amides is 3. The van der Waals surface area contributed by atoms with Crippen LogP contribution in [0.4, 0.5) is 15.3 Å². The van der Waals surface area contributed by atoms with Gasteiger partial charge in [-0.05, 0) is 64.8 Å². The minimum Gasteiger partial charge on any atom is -0.443 e. The van der Waals surface area contributed by atoms with E-state index in [1.165, 1.54) is 17.8 Å². The first-order valence-electron chi connectivity index (χ1n) is 16.7. The van der Waals surface area contributed by atoms with Gasteiger partial charge in [0.25, 0.3) is 23.3 Å². The first-order valence-corrected chi connectivity index (χ1v) is 16.7.